The van der Waals surface area contributed by atoms with Gasteiger partial charge >= 0.3 is 0 Å². The van der Waals surface area contributed by atoms with Gasteiger partial charge in [0.2, 0.25) is 11.8 Å². The molecule has 3 aromatic heterocycles. The Morgan fingerprint density at radius 3 is 2.43 bits per heavy atom. The van der Waals surface area contributed by atoms with E-state index >= 15 is 0 Å². The Labute approximate surface area is 345 Å². The Balaban J connectivity index is 0.000000180. The molecule has 5 aromatic carbocycles. The number of tetrazole rings is 1. The quantitative estimate of drug-likeness (QED) is 0.0839. The second kappa shape index (κ2) is 19.0. The standard InChI is InChI=1S/C27H23N5O4.C19H21FN4/c33-23-17-24(26-29-31-32-30-26)36-25-21(23)10-6-11-22(25)28-27(34)19-12-14-20(15-13-19)35-16-5-4-9-18-7-2-1-3-8-18;20-15-7-5-14(6-8-15)13-24-18-4-2-1-3-17(18)23-19(24)22-16-9-11-21-12-10-16/h1-3,6-8,10-15,17H,4-5,9,16H2,(H,28,34)(H,29,30,31,32);1-8,16,21H,9-13H2,(H,22,23). The van der Waals surface area contributed by atoms with Crippen LogP contribution >= 0.6 is 0 Å². The Hall–Kier alpha value is -7.19. The van der Waals surface area contributed by atoms with Crippen LogP contribution in [0.15, 0.2) is 137 Å². The molecule has 4 heterocycles. The van der Waals surface area contributed by atoms with E-state index < -0.39 is 0 Å². The molecule has 1 amide bonds. The summed E-state index contributed by atoms with van der Waals surface area (Å²) in [7, 11) is 0. The molecule has 1 aliphatic rings. The molecule has 0 bridgehead atoms. The zero-order chi connectivity index (χ0) is 41.1. The molecule has 304 valence electrons. The molecule has 0 unspecified atom stereocenters. The lowest BCUT2D eigenvalue weighted by molar-refractivity contribution is 0.102. The lowest BCUT2D eigenvalue weighted by Crippen LogP contribution is -2.36. The number of hydrogen-bond donors (Lipinski definition) is 4. The molecule has 0 spiro atoms. The fourth-order valence-corrected chi connectivity index (χ4v) is 7.09. The van der Waals surface area contributed by atoms with Gasteiger partial charge in [0, 0.05) is 17.7 Å². The normalized spacial score (nSPS) is 12.8. The highest BCUT2D eigenvalue weighted by molar-refractivity contribution is 6.08. The summed E-state index contributed by atoms with van der Waals surface area (Å²) in [6.45, 7) is 3.36. The van der Waals surface area contributed by atoms with Gasteiger partial charge in [-0.1, -0.05) is 60.7 Å². The average Bonchev–Trinajstić information content (AvgIpc) is 3.95. The van der Waals surface area contributed by atoms with E-state index in [-0.39, 0.29) is 34.3 Å². The maximum atomic E-state index is 13.2. The molecule has 1 saturated heterocycles. The van der Waals surface area contributed by atoms with Crippen molar-refractivity contribution in [3.63, 3.8) is 0 Å². The van der Waals surface area contributed by atoms with Crippen LogP contribution < -0.4 is 26.1 Å². The third-order valence-electron chi connectivity index (χ3n) is 10.3. The van der Waals surface area contributed by atoms with Crippen molar-refractivity contribution in [2.45, 2.75) is 44.7 Å². The molecular weight excluding hydrogens is 762 g/mol. The minimum atomic E-state index is -0.341. The van der Waals surface area contributed by atoms with Gasteiger partial charge in [-0.3, -0.25) is 9.59 Å². The van der Waals surface area contributed by atoms with E-state index in [0.29, 0.717) is 41.6 Å². The minimum Gasteiger partial charge on any atom is -0.494 e. The predicted molar refractivity (Wildman–Crippen MR) is 230 cm³/mol. The van der Waals surface area contributed by atoms with Gasteiger partial charge in [0.1, 0.15) is 11.6 Å². The Kier molecular flexibility index (Phi) is 12.6. The van der Waals surface area contributed by atoms with Gasteiger partial charge in [-0.2, -0.15) is 0 Å². The largest absolute Gasteiger partial charge is 0.494 e. The zero-order valence-corrected chi connectivity index (χ0v) is 32.8. The molecule has 1 aliphatic heterocycles. The summed E-state index contributed by atoms with van der Waals surface area (Å²) in [5.41, 5.74) is 5.24. The number of halogens is 1. The summed E-state index contributed by atoms with van der Waals surface area (Å²) in [6.07, 6.45) is 5.20. The van der Waals surface area contributed by atoms with Crippen molar-refractivity contribution >= 4 is 39.5 Å². The number of aryl methyl sites for hydroxylation is 1. The molecule has 60 heavy (non-hydrogen) atoms. The average molecular weight is 806 g/mol. The maximum Gasteiger partial charge on any atom is 0.255 e. The summed E-state index contributed by atoms with van der Waals surface area (Å²) >= 11 is 0. The third kappa shape index (κ3) is 9.91. The number of nitrogens with one attached hydrogen (secondary N) is 4. The second-order valence-corrected chi connectivity index (χ2v) is 14.5. The predicted octanol–water partition coefficient (Wildman–Crippen LogP) is 8.01. The van der Waals surface area contributed by atoms with Crippen LogP contribution in [0.1, 0.15) is 47.2 Å². The lowest BCUT2D eigenvalue weighted by atomic mass is 10.1. The number of imidazole rings is 1. The van der Waals surface area contributed by atoms with E-state index in [1.54, 1.807) is 42.5 Å². The molecule has 14 heteroatoms. The van der Waals surface area contributed by atoms with Gasteiger partial charge in [0.15, 0.2) is 16.8 Å². The number of amides is 1. The third-order valence-corrected chi connectivity index (χ3v) is 10.3. The Bertz CT molecular complexity index is 2700. The summed E-state index contributed by atoms with van der Waals surface area (Å²) in [5.74, 6) is 1.43. The van der Waals surface area contributed by atoms with E-state index in [2.05, 4.69) is 59.3 Å². The second-order valence-electron chi connectivity index (χ2n) is 14.5. The molecule has 0 radical (unpaired) electrons. The van der Waals surface area contributed by atoms with E-state index in [1.807, 2.05) is 48.5 Å². The number of carbonyl (C=O) groups is 1. The van der Waals surface area contributed by atoms with E-state index in [0.717, 1.165) is 67.7 Å². The first-order valence-electron chi connectivity index (χ1n) is 20.0. The zero-order valence-electron chi connectivity index (χ0n) is 32.8. The van der Waals surface area contributed by atoms with Crippen LogP contribution in [-0.2, 0) is 13.0 Å². The van der Waals surface area contributed by atoms with Gasteiger partial charge < -0.3 is 29.7 Å². The number of H-pyrrole nitrogens is 1. The summed E-state index contributed by atoms with van der Waals surface area (Å²) < 4.78 is 27.0. The summed E-state index contributed by atoms with van der Waals surface area (Å²) in [4.78, 5) is 30.2. The first-order valence-corrected chi connectivity index (χ1v) is 20.0. The number of rotatable bonds is 13. The Morgan fingerprint density at radius 2 is 1.65 bits per heavy atom. The number of nitrogens with zero attached hydrogens (tertiary/aromatic N) is 5. The van der Waals surface area contributed by atoms with Crippen molar-refractivity contribution in [1.82, 2.24) is 35.5 Å². The number of ether oxygens (including phenoxy) is 1. The van der Waals surface area contributed by atoms with Crippen molar-refractivity contribution < 1.29 is 18.3 Å². The maximum absolute atomic E-state index is 13.2. The van der Waals surface area contributed by atoms with Crippen molar-refractivity contribution in [2.75, 3.05) is 30.3 Å². The number of para-hydroxylation sites is 3. The SMILES string of the molecule is Fc1ccc(Cn2c(NC3CCNCC3)nc3ccccc32)cc1.O=C(Nc1cccc2c(=O)cc(-c3nnn[nH]3)oc12)c1ccc(OCCCCc2ccccc2)cc1. The molecule has 9 rings (SSSR count). The fraction of sp³-hybridized carbons (Fsp3) is 0.217. The number of benzene rings is 5. The van der Waals surface area contributed by atoms with E-state index in [4.69, 9.17) is 14.1 Å². The molecule has 0 saturated carbocycles. The first kappa shape index (κ1) is 39.6. The highest BCUT2D eigenvalue weighted by atomic mass is 19.1. The van der Waals surface area contributed by atoms with Gasteiger partial charge in [0.05, 0.1) is 35.3 Å². The van der Waals surface area contributed by atoms with Crippen molar-refractivity contribution in [3.8, 4) is 17.3 Å². The smallest absolute Gasteiger partial charge is 0.255 e. The molecule has 0 atom stereocenters. The molecule has 1 fully saturated rings. The first-order chi connectivity index (χ1) is 29.5. The number of unbranched alkanes of at least 4 members (excludes halogenated alkanes) is 1. The van der Waals surface area contributed by atoms with Gasteiger partial charge in [0.25, 0.3) is 5.91 Å². The molecule has 8 aromatic rings. The van der Waals surface area contributed by atoms with Gasteiger partial charge in [-0.05, 0) is 127 Å². The fourth-order valence-electron chi connectivity index (χ4n) is 7.09. The number of aromatic nitrogens is 6. The van der Waals surface area contributed by atoms with Crippen molar-refractivity contribution in [2.24, 2.45) is 0 Å². The highest BCUT2D eigenvalue weighted by Crippen LogP contribution is 2.27. The molecule has 13 nitrogen and oxygen atoms in total. The number of aromatic amines is 1. The van der Waals surface area contributed by atoms with Crippen LogP contribution in [0.25, 0.3) is 33.6 Å². The van der Waals surface area contributed by atoms with Crippen LogP contribution in [0.3, 0.4) is 0 Å². The number of hydrogen-bond acceptors (Lipinski definition) is 10. The highest BCUT2D eigenvalue weighted by Gasteiger charge is 2.18. The van der Waals surface area contributed by atoms with E-state index in [1.165, 1.54) is 23.8 Å². The summed E-state index contributed by atoms with van der Waals surface area (Å²) in [5, 5.41) is 23.5. The molecule has 4 N–H and O–H groups in total. The number of anilines is 2. The van der Waals surface area contributed by atoms with Crippen molar-refractivity contribution in [3.05, 3.63) is 160 Å². The summed E-state index contributed by atoms with van der Waals surface area (Å²) in [6, 6.07) is 38.8. The number of fused-ring (bicyclic) bond motifs is 2. The van der Waals surface area contributed by atoms with Crippen LogP contribution in [0.5, 0.6) is 5.75 Å². The van der Waals surface area contributed by atoms with Crippen LogP contribution in [0, 0.1) is 5.82 Å². The number of carbonyl (C=O) groups excluding carboxylic acids is 1. The van der Waals surface area contributed by atoms with Gasteiger partial charge in [-0.15, -0.1) is 5.10 Å². The molecule has 0 aliphatic carbocycles. The van der Waals surface area contributed by atoms with Crippen molar-refractivity contribution in [1.29, 1.82) is 0 Å². The Morgan fingerprint density at radius 1 is 0.867 bits per heavy atom. The van der Waals surface area contributed by atoms with Crippen LogP contribution in [0.2, 0.25) is 0 Å². The van der Waals surface area contributed by atoms with Gasteiger partial charge in [-0.25, -0.2) is 14.5 Å². The topological polar surface area (TPSA) is 165 Å². The van der Waals surface area contributed by atoms with Crippen LogP contribution in [0.4, 0.5) is 16.0 Å². The van der Waals surface area contributed by atoms with Crippen LogP contribution in [-0.4, -0.2) is 61.8 Å². The molecular formula is C46H44FN9O4. The monoisotopic (exact) mass is 805 g/mol. The van der Waals surface area contributed by atoms with E-state index in [9.17, 15) is 14.0 Å². The minimum absolute atomic E-state index is 0.171. The lowest BCUT2D eigenvalue weighted by Gasteiger charge is -2.24. The number of piperidine rings is 1.